The first-order valence-electron chi connectivity index (χ1n) is 6.69. The number of carbonyl (C=O) groups excluding carboxylic acids is 1. The first-order chi connectivity index (χ1) is 9.32. The Kier molecular flexibility index (Phi) is 6.36. The van der Waals surface area contributed by atoms with Crippen molar-refractivity contribution in [3.63, 3.8) is 0 Å². The lowest BCUT2D eigenvalue weighted by molar-refractivity contribution is 0.129. The van der Waals surface area contributed by atoms with Gasteiger partial charge in [0.05, 0.1) is 6.10 Å². The van der Waals surface area contributed by atoms with Crippen molar-refractivity contribution in [1.82, 2.24) is 5.32 Å². The molecule has 20 heavy (non-hydrogen) atoms. The molecule has 1 rings (SSSR count). The molecule has 1 atom stereocenters. The largest absolute Gasteiger partial charge is 0.393 e. The third kappa shape index (κ3) is 6.30. The zero-order valence-electron chi connectivity index (χ0n) is 12.6. The lowest BCUT2D eigenvalue weighted by Crippen LogP contribution is -2.38. The number of rotatable bonds is 6. The Morgan fingerprint density at radius 2 is 2.15 bits per heavy atom. The van der Waals surface area contributed by atoms with Gasteiger partial charge in [-0.1, -0.05) is 19.9 Å². The zero-order valence-corrected chi connectivity index (χ0v) is 13.4. The van der Waals surface area contributed by atoms with Crippen molar-refractivity contribution in [2.75, 3.05) is 18.1 Å². The molecule has 0 heterocycles. The molecule has 0 aliphatic carbocycles. The van der Waals surface area contributed by atoms with Crippen molar-refractivity contribution in [3.8, 4) is 0 Å². The topological polar surface area (TPSA) is 61.4 Å². The van der Waals surface area contributed by atoms with Crippen LogP contribution < -0.4 is 10.6 Å². The summed E-state index contributed by atoms with van der Waals surface area (Å²) in [5.74, 6) is 0. The Morgan fingerprint density at radius 3 is 2.75 bits per heavy atom. The predicted molar refractivity (Wildman–Crippen MR) is 85.3 cm³/mol. The van der Waals surface area contributed by atoms with E-state index in [2.05, 4.69) is 10.6 Å². The smallest absolute Gasteiger partial charge is 0.319 e. The normalized spacial score (nSPS) is 12.8. The van der Waals surface area contributed by atoms with Crippen LogP contribution in [0.25, 0.3) is 0 Å². The standard InChI is InChI=1S/C15H24N2O2S/c1-11(18)9-15(2,3)10-16-14(19)17-12-6-5-7-13(8-12)20-4/h5-8,11,18H,9-10H2,1-4H3,(H2,16,17,19). The highest BCUT2D eigenvalue weighted by Crippen LogP contribution is 2.21. The summed E-state index contributed by atoms with van der Waals surface area (Å²) >= 11 is 1.63. The number of aliphatic hydroxyl groups is 1. The number of benzene rings is 1. The van der Waals surface area contributed by atoms with Crippen LogP contribution in [0.1, 0.15) is 27.2 Å². The molecule has 0 saturated carbocycles. The minimum absolute atomic E-state index is 0.132. The molecule has 0 bridgehead atoms. The number of aliphatic hydroxyl groups excluding tert-OH is 1. The van der Waals surface area contributed by atoms with Crippen molar-refractivity contribution in [1.29, 1.82) is 0 Å². The summed E-state index contributed by atoms with van der Waals surface area (Å²) < 4.78 is 0. The monoisotopic (exact) mass is 296 g/mol. The number of amides is 2. The molecule has 0 aromatic heterocycles. The van der Waals surface area contributed by atoms with Gasteiger partial charge in [-0.25, -0.2) is 4.79 Å². The summed E-state index contributed by atoms with van der Waals surface area (Å²) in [7, 11) is 0. The first kappa shape index (κ1) is 16.9. The predicted octanol–water partition coefficient (Wildman–Crippen LogP) is 3.33. The van der Waals surface area contributed by atoms with Gasteiger partial charge in [-0.2, -0.15) is 0 Å². The van der Waals surface area contributed by atoms with E-state index in [1.807, 2.05) is 44.4 Å². The van der Waals surface area contributed by atoms with Gasteiger partial charge in [0.15, 0.2) is 0 Å². The Morgan fingerprint density at radius 1 is 1.45 bits per heavy atom. The van der Waals surface area contributed by atoms with Gasteiger partial charge in [0.2, 0.25) is 0 Å². The zero-order chi connectivity index (χ0) is 15.2. The van der Waals surface area contributed by atoms with Crippen LogP contribution in [0.2, 0.25) is 0 Å². The Hall–Kier alpha value is -1.20. The summed E-state index contributed by atoms with van der Waals surface area (Å²) in [5.41, 5.74) is 0.648. The van der Waals surface area contributed by atoms with Gasteiger partial charge in [0, 0.05) is 17.1 Å². The molecule has 0 spiro atoms. The highest BCUT2D eigenvalue weighted by atomic mass is 32.2. The number of anilines is 1. The third-order valence-corrected chi connectivity index (χ3v) is 3.63. The molecular formula is C15H24N2O2S. The Labute approximate surface area is 125 Å². The molecule has 5 heteroatoms. The van der Waals surface area contributed by atoms with Gasteiger partial charge in [0.1, 0.15) is 0 Å². The fourth-order valence-electron chi connectivity index (χ4n) is 2.07. The van der Waals surface area contributed by atoms with Crippen LogP contribution in [0.15, 0.2) is 29.2 Å². The number of urea groups is 1. The van der Waals surface area contributed by atoms with E-state index in [0.29, 0.717) is 13.0 Å². The first-order valence-corrected chi connectivity index (χ1v) is 7.92. The second kappa shape index (κ2) is 7.55. The SMILES string of the molecule is CSc1cccc(NC(=O)NCC(C)(C)CC(C)O)c1. The van der Waals surface area contributed by atoms with Gasteiger partial charge in [-0.05, 0) is 43.2 Å². The van der Waals surface area contributed by atoms with E-state index in [-0.39, 0.29) is 17.6 Å². The maximum Gasteiger partial charge on any atom is 0.319 e. The number of nitrogens with one attached hydrogen (secondary N) is 2. The fraction of sp³-hybridized carbons (Fsp3) is 0.533. The van der Waals surface area contributed by atoms with E-state index in [1.54, 1.807) is 18.7 Å². The van der Waals surface area contributed by atoms with Crippen molar-refractivity contribution < 1.29 is 9.90 Å². The molecule has 1 aromatic carbocycles. The fourth-order valence-corrected chi connectivity index (χ4v) is 2.53. The summed E-state index contributed by atoms with van der Waals surface area (Å²) in [6, 6.07) is 7.49. The van der Waals surface area contributed by atoms with Crippen molar-refractivity contribution in [3.05, 3.63) is 24.3 Å². The van der Waals surface area contributed by atoms with E-state index in [4.69, 9.17) is 0 Å². The van der Waals surface area contributed by atoms with E-state index < -0.39 is 0 Å². The van der Waals surface area contributed by atoms with E-state index in [9.17, 15) is 9.90 Å². The van der Waals surface area contributed by atoms with Crippen molar-refractivity contribution in [2.24, 2.45) is 5.41 Å². The van der Waals surface area contributed by atoms with Crippen LogP contribution in [-0.4, -0.2) is 30.0 Å². The number of carbonyl (C=O) groups is 1. The third-order valence-electron chi connectivity index (χ3n) is 2.90. The molecule has 1 aromatic rings. The van der Waals surface area contributed by atoms with Gasteiger partial charge >= 0.3 is 6.03 Å². The highest BCUT2D eigenvalue weighted by molar-refractivity contribution is 7.98. The molecule has 0 radical (unpaired) electrons. The van der Waals surface area contributed by atoms with Crippen molar-refractivity contribution >= 4 is 23.5 Å². The molecular weight excluding hydrogens is 272 g/mol. The molecule has 0 aliphatic heterocycles. The lowest BCUT2D eigenvalue weighted by Gasteiger charge is -2.26. The molecule has 1 unspecified atom stereocenters. The maximum atomic E-state index is 11.9. The number of hydrogen-bond acceptors (Lipinski definition) is 3. The molecule has 0 saturated heterocycles. The average Bonchev–Trinajstić information content (AvgIpc) is 2.35. The highest BCUT2D eigenvalue weighted by Gasteiger charge is 2.21. The van der Waals surface area contributed by atoms with Crippen LogP contribution >= 0.6 is 11.8 Å². The quantitative estimate of drug-likeness (QED) is 0.706. The molecule has 0 aliphatic rings. The molecule has 3 N–H and O–H groups in total. The van der Waals surface area contributed by atoms with Crippen LogP contribution in [0, 0.1) is 5.41 Å². The van der Waals surface area contributed by atoms with Gasteiger partial charge in [0.25, 0.3) is 0 Å². The van der Waals surface area contributed by atoms with Crippen LogP contribution in [-0.2, 0) is 0 Å². The molecule has 2 amide bonds. The Bertz CT molecular complexity index is 447. The molecule has 4 nitrogen and oxygen atoms in total. The van der Waals surface area contributed by atoms with Gasteiger partial charge in [-0.3, -0.25) is 0 Å². The number of thioether (sulfide) groups is 1. The summed E-state index contributed by atoms with van der Waals surface area (Å²) in [5, 5.41) is 15.1. The Balaban J connectivity index is 2.47. The van der Waals surface area contributed by atoms with E-state index >= 15 is 0 Å². The van der Waals surface area contributed by atoms with Crippen molar-refractivity contribution in [2.45, 2.75) is 38.2 Å². The van der Waals surface area contributed by atoms with Crippen LogP contribution in [0.3, 0.4) is 0 Å². The van der Waals surface area contributed by atoms with Crippen LogP contribution in [0.5, 0.6) is 0 Å². The summed E-state index contributed by atoms with van der Waals surface area (Å²) in [4.78, 5) is 13.0. The second-order valence-corrected chi connectivity index (χ2v) is 6.64. The number of hydrogen-bond donors (Lipinski definition) is 3. The molecule has 0 fully saturated rings. The summed E-state index contributed by atoms with van der Waals surface area (Å²) in [6.45, 7) is 6.32. The molecule has 112 valence electrons. The second-order valence-electron chi connectivity index (χ2n) is 5.76. The minimum atomic E-state index is -0.367. The average molecular weight is 296 g/mol. The summed E-state index contributed by atoms with van der Waals surface area (Å²) in [6.07, 6.45) is 2.28. The van der Waals surface area contributed by atoms with Gasteiger partial charge < -0.3 is 15.7 Å². The minimum Gasteiger partial charge on any atom is -0.393 e. The lowest BCUT2D eigenvalue weighted by atomic mass is 9.87. The van der Waals surface area contributed by atoms with Gasteiger partial charge in [-0.15, -0.1) is 11.8 Å². The van der Waals surface area contributed by atoms with E-state index in [0.717, 1.165) is 10.6 Å². The van der Waals surface area contributed by atoms with E-state index in [1.165, 1.54) is 0 Å². The van der Waals surface area contributed by atoms with Crippen LogP contribution in [0.4, 0.5) is 10.5 Å². The maximum absolute atomic E-state index is 11.9.